The zero-order chi connectivity index (χ0) is 19.1. The molecular formula is C21H31N5O. The van der Waals surface area contributed by atoms with Crippen molar-refractivity contribution in [3.63, 3.8) is 0 Å². The molecule has 0 aromatic carbocycles. The summed E-state index contributed by atoms with van der Waals surface area (Å²) in [5.74, 6) is 2.20. The second kappa shape index (κ2) is 7.13. The van der Waals surface area contributed by atoms with E-state index in [-0.39, 0.29) is 11.6 Å². The first-order valence-corrected chi connectivity index (χ1v) is 10.4. The van der Waals surface area contributed by atoms with Crippen molar-refractivity contribution in [3.05, 3.63) is 22.1 Å². The van der Waals surface area contributed by atoms with Gasteiger partial charge in [0, 0.05) is 23.8 Å². The van der Waals surface area contributed by atoms with Crippen LogP contribution in [0, 0.1) is 18.8 Å². The van der Waals surface area contributed by atoms with Crippen molar-refractivity contribution in [2.24, 2.45) is 11.8 Å². The zero-order valence-electron chi connectivity index (χ0n) is 16.7. The van der Waals surface area contributed by atoms with E-state index >= 15 is 0 Å². The van der Waals surface area contributed by atoms with E-state index in [1.54, 1.807) is 13.1 Å². The van der Waals surface area contributed by atoms with Crippen molar-refractivity contribution in [2.75, 3.05) is 11.1 Å². The molecule has 0 amide bonds. The maximum absolute atomic E-state index is 12.8. The number of nitrogens with zero attached hydrogens (tertiary/aromatic N) is 3. The van der Waals surface area contributed by atoms with Gasteiger partial charge in [0.25, 0.3) is 5.56 Å². The standard InChI is InChI=1S/C21H31N5O/c1-12(2)14-7-9-15(10-8-14)24-21-23-11-17-18(22)13(3)20(27)26(19(17)25-21)16-5-4-6-16/h11-12,14-16H,4-10,22H2,1-3H3,(H,23,24,25). The van der Waals surface area contributed by atoms with Crippen LogP contribution in [0.15, 0.2) is 11.0 Å². The van der Waals surface area contributed by atoms with E-state index in [9.17, 15) is 4.79 Å². The lowest BCUT2D eigenvalue weighted by Gasteiger charge is -2.31. The molecule has 0 bridgehead atoms. The van der Waals surface area contributed by atoms with Crippen LogP contribution in [0.5, 0.6) is 0 Å². The molecule has 2 saturated carbocycles. The Kier molecular flexibility index (Phi) is 4.82. The quantitative estimate of drug-likeness (QED) is 0.850. The largest absolute Gasteiger partial charge is 0.398 e. The summed E-state index contributed by atoms with van der Waals surface area (Å²) < 4.78 is 1.85. The Labute approximate surface area is 160 Å². The van der Waals surface area contributed by atoms with Crippen molar-refractivity contribution in [1.29, 1.82) is 0 Å². The molecule has 2 aromatic rings. The number of nitrogens with one attached hydrogen (secondary N) is 1. The lowest BCUT2D eigenvalue weighted by molar-refractivity contribution is 0.266. The molecule has 0 radical (unpaired) electrons. The third kappa shape index (κ3) is 3.30. The number of fused-ring (bicyclic) bond motifs is 1. The van der Waals surface area contributed by atoms with Crippen LogP contribution in [0.2, 0.25) is 0 Å². The van der Waals surface area contributed by atoms with Crippen molar-refractivity contribution in [1.82, 2.24) is 14.5 Å². The average molecular weight is 370 g/mol. The Hall–Kier alpha value is -2.11. The van der Waals surface area contributed by atoms with Gasteiger partial charge in [0.15, 0.2) is 5.65 Å². The molecule has 0 unspecified atom stereocenters. The SMILES string of the molecule is Cc1c(N)c2cnc(NC3CCC(C(C)C)CC3)nc2n(C2CCC2)c1=O. The van der Waals surface area contributed by atoms with Crippen LogP contribution in [-0.2, 0) is 0 Å². The van der Waals surface area contributed by atoms with E-state index < -0.39 is 0 Å². The molecule has 27 heavy (non-hydrogen) atoms. The summed E-state index contributed by atoms with van der Waals surface area (Å²) in [6.45, 7) is 6.43. The van der Waals surface area contributed by atoms with Crippen LogP contribution in [0.25, 0.3) is 11.0 Å². The predicted octanol–water partition coefficient (Wildman–Crippen LogP) is 4.03. The first kappa shape index (κ1) is 18.3. The van der Waals surface area contributed by atoms with Crippen molar-refractivity contribution < 1.29 is 0 Å². The summed E-state index contributed by atoms with van der Waals surface area (Å²) in [6.07, 6.45) is 9.81. The summed E-state index contributed by atoms with van der Waals surface area (Å²) >= 11 is 0. The van der Waals surface area contributed by atoms with Crippen LogP contribution in [0.4, 0.5) is 11.6 Å². The van der Waals surface area contributed by atoms with Gasteiger partial charge in [-0.1, -0.05) is 13.8 Å². The van der Waals surface area contributed by atoms with Gasteiger partial charge in [-0.25, -0.2) is 4.98 Å². The van der Waals surface area contributed by atoms with E-state index in [0.717, 1.165) is 49.3 Å². The van der Waals surface area contributed by atoms with Crippen LogP contribution >= 0.6 is 0 Å². The number of nitrogen functional groups attached to an aromatic ring is 1. The summed E-state index contributed by atoms with van der Waals surface area (Å²) in [5, 5.41) is 4.30. The Morgan fingerprint density at radius 1 is 1.19 bits per heavy atom. The zero-order valence-corrected chi connectivity index (χ0v) is 16.7. The highest BCUT2D eigenvalue weighted by Crippen LogP contribution is 2.34. The summed E-state index contributed by atoms with van der Waals surface area (Å²) in [6, 6.07) is 0.646. The van der Waals surface area contributed by atoms with Crippen LogP contribution < -0.4 is 16.6 Å². The van der Waals surface area contributed by atoms with E-state index in [2.05, 4.69) is 24.1 Å². The van der Waals surface area contributed by atoms with Crippen molar-refractivity contribution in [2.45, 2.75) is 77.8 Å². The first-order chi connectivity index (χ1) is 13.0. The van der Waals surface area contributed by atoms with Crippen LogP contribution in [-0.4, -0.2) is 20.6 Å². The fourth-order valence-corrected chi connectivity index (χ4v) is 4.51. The third-order valence-electron chi connectivity index (χ3n) is 6.72. The normalized spacial score (nSPS) is 23.6. The monoisotopic (exact) mass is 369 g/mol. The lowest BCUT2D eigenvalue weighted by Crippen LogP contribution is -2.32. The van der Waals surface area contributed by atoms with Crippen molar-refractivity contribution in [3.8, 4) is 0 Å². The Balaban J connectivity index is 1.64. The van der Waals surface area contributed by atoms with Crippen LogP contribution in [0.3, 0.4) is 0 Å². The Bertz CT molecular complexity index is 892. The van der Waals surface area contributed by atoms with Gasteiger partial charge in [0.1, 0.15) is 0 Å². The predicted molar refractivity (Wildman–Crippen MR) is 110 cm³/mol. The molecule has 0 spiro atoms. The van der Waals surface area contributed by atoms with E-state index in [4.69, 9.17) is 10.7 Å². The third-order valence-corrected chi connectivity index (χ3v) is 6.72. The second-order valence-corrected chi connectivity index (χ2v) is 8.73. The lowest BCUT2D eigenvalue weighted by atomic mass is 9.80. The minimum absolute atomic E-state index is 0.00760. The van der Waals surface area contributed by atoms with Gasteiger partial charge < -0.3 is 11.1 Å². The van der Waals surface area contributed by atoms with E-state index in [0.29, 0.717) is 28.9 Å². The summed E-state index contributed by atoms with van der Waals surface area (Å²) in [4.78, 5) is 22.1. The van der Waals surface area contributed by atoms with Crippen molar-refractivity contribution >= 4 is 22.7 Å². The molecule has 2 fully saturated rings. The minimum Gasteiger partial charge on any atom is -0.398 e. The molecule has 2 aliphatic rings. The average Bonchev–Trinajstić information content (AvgIpc) is 2.62. The van der Waals surface area contributed by atoms with Crippen LogP contribution in [0.1, 0.15) is 70.4 Å². The molecule has 4 rings (SSSR count). The highest BCUT2D eigenvalue weighted by molar-refractivity contribution is 5.89. The number of hydrogen-bond acceptors (Lipinski definition) is 5. The smallest absolute Gasteiger partial charge is 0.257 e. The number of nitrogens with two attached hydrogens (primary N) is 1. The topological polar surface area (TPSA) is 85.8 Å². The van der Waals surface area contributed by atoms with E-state index in [1.807, 2.05) is 4.57 Å². The highest BCUT2D eigenvalue weighted by atomic mass is 16.1. The Morgan fingerprint density at radius 3 is 2.48 bits per heavy atom. The molecule has 6 heteroatoms. The van der Waals surface area contributed by atoms with Gasteiger partial charge in [0.2, 0.25) is 5.95 Å². The number of hydrogen-bond donors (Lipinski definition) is 2. The fraction of sp³-hybridized carbons (Fsp3) is 0.667. The maximum atomic E-state index is 12.8. The molecule has 2 aliphatic carbocycles. The number of anilines is 2. The Morgan fingerprint density at radius 2 is 1.89 bits per heavy atom. The van der Waals surface area contributed by atoms with Gasteiger partial charge in [-0.3, -0.25) is 9.36 Å². The summed E-state index contributed by atoms with van der Waals surface area (Å²) in [5.41, 5.74) is 8.00. The molecule has 2 aromatic heterocycles. The molecule has 0 atom stereocenters. The molecule has 6 nitrogen and oxygen atoms in total. The van der Waals surface area contributed by atoms with Gasteiger partial charge in [-0.2, -0.15) is 4.98 Å². The van der Waals surface area contributed by atoms with E-state index in [1.165, 1.54) is 12.8 Å². The molecular weight excluding hydrogens is 338 g/mol. The fourth-order valence-electron chi connectivity index (χ4n) is 4.51. The molecule has 3 N–H and O–H groups in total. The van der Waals surface area contributed by atoms with Gasteiger partial charge >= 0.3 is 0 Å². The molecule has 0 aliphatic heterocycles. The molecule has 2 heterocycles. The number of pyridine rings is 1. The molecule has 146 valence electrons. The van der Waals surface area contributed by atoms with Gasteiger partial charge in [-0.15, -0.1) is 0 Å². The number of rotatable bonds is 4. The maximum Gasteiger partial charge on any atom is 0.257 e. The minimum atomic E-state index is -0.00760. The first-order valence-electron chi connectivity index (χ1n) is 10.4. The van der Waals surface area contributed by atoms with Gasteiger partial charge in [-0.05, 0) is 63.7 Å². The summed E-state index contributed by atoms with van der Waals surface area (Å²) in [7, 11) is 0. The number of aromatic nitrogens is 3. The van der Waals surface area contributed by atoms with Gasteiger partial charge in [0.05, 0.1) is 11.1 Å². The second-order valence-electron chi connectivity index (χ2n) is 8.73. The molecule has 0 saturated heterocycles. The highest BCUT2D eigenvalue weighted by Gasteiger charge is 2.26.